The molecule has 0 spiro atoms. The van der Waals surface area contributed by atoms with Gasteiger partial charge in [-0.2, -0.15) is 0 Å². The third-order valence-electron chi connectivity index (χ3n) is 5.55. The molecular formula is C24H33IN4O3. The first-order valence-corrected chi connectivity index (χ1v) is 10.6. The number of hydrogen-bond donors (Lipinski definition) is 2. The first kappa shape index (κ1) is 25.8. The van der Waals surface area contributed by atoms with E-state index >= 15 is 0 Å². The number of carbonyl (C=O) groups excluding carboxylic acids is 1. The van der Waals surface area contributed by atoms with Crippen molar-refractivity contribution >= 4 is 41.6 Å². The molecule has 7 nitrogen and oxygen atoms in total. The average molecular weight is 552 g/mol. The lowest BCUT2D eigenvalue weighted by molar-refractivity contribution is 0.0597. The van der Waals surface area contributed by atoms with Crippen LogP contribution in [0.25, 0.3) is 0 Å². The van der Waals surface area contributed by atoms with Crippen molar-refractivity contribution in [1.82, 2.24) is 10.6 Å². The number of benzene rings is 2. The zero-order chi connectivity index (χ0) is 22.2. The molecule has 2 N–H and O–H groups in total. The van der Waals surface area contributed by atoms with Crippen LogP contribution in [0.5, 0.6) is 5.75 Å². The number of aliphatic imine (C=N–C) groups is 1. The van der Waals surface area contributed by atoms with Gasteiger partial charge in [-0.25, -0.2) is 4.79 Å². The first-order valence-electron chi connectivity index (χ1n) is 10.6. The minimum Gasteiger partial charge on any atom is -0.496 e. The van der Waals surface area contributed by atoms with Gasteiger partial charge >= 0.3 is 5.97 Å². The van der Waals surface area contributed by atoms with E-state index in [1.165, 1.54) is 38.3 Å². The number of halogens is 1. The Kier molecular flexibility index (Phi) is 10.1. The van der Waals surface area contributed by atoms with Crippen molar-refractivity contribution in [2.75, 3.05) is 39.3 Å². The summed E-state index contributed by atoms with van der Waals surface area (Å²) in [5.41, 5.74) is 3.82. The Hall–Kier alpha value is -2.49. The van der Waals surface area contributed by atoms with E-state index in [-0.39, 0.29) is 30.0 Å². The fourth-order valence-corrected chi connectivity index (χ4v) is 3.77. The van der Waals surface area contributed by atoms with Crippen LogP contribution in [0, 0.1) is 0 Å². The molecule has 1 aliphatic rings. The van der Waals surface area contributed by atoms with E-state index in [0.717, 1.165) is 18.7 Å². The molecule has 2 aromatic carbocycles. The summed E-state index contributed by atoms with van der Waals surface area (Å²) < 4.78 is 10.1. The Morgan fingerprint density at radius 2 is 1.91 bits per heavy atom. The summed E-state index contributed by atoms with van der Waals surface area (Å²) in [6.07, 6.45) is 2.52. The van der Waals surface area contributed by atoms with Crippen LogP contribution in [-0.4, -0.2) is 46.3 Å². The highest BCUT2D eigenvalue weighted by Gasteiger charge is 2.16. The van der Waals surface area contributed by atoms with Crippen LogP contribution in [0.15, 0.2) is 47.5 Å². The Morgan fingerprint density at radius 1 is 1.16 bits per heavy atom. The van der Waals surface area contributed by atoms with Gasteiger partial charge in [0.05, 0.1) is 20.3 Å². The summed E-state index contributed by atoms with van der Waals surface area (Å²) in [5, 5.41) is 6.76. The zero-order valence-corrected chi connectivity index (χ0v) is 21.5. The SMILES string of the molecule is CN=C(NCc1ccc(OC)c(C(=O)OC)c1)NC(C)c1cccc(N2CCCC2)c1.I. The second-order valence-corrected chi connectivity index (χ2v) is 7.61. The van der Waals surface area contributed by atoms with E-state index in [0.29, 0.717) is 23.8 Å². The molecule has 1 aliphatic heterocycles. The Labute approximate surface area is 207 Å². The molecule has 8 heteroatoms. The maximum atomic E-state index is 12.0. The lowest BCUT2D eigenvalue weighted by atomic mass is 10.1. The van der Waals surface area contributed by atoms with Gasteiger partial charge in [0.15, 0.2) is 5.96 Å². The number of guanidine groups is 1. The van der Waals surface area contributed by atoms with Crippen molar-refractivity contribution in [3.05, 3.63) is 59.2 Å². The molecule has 1 saturated heterocycles. The van der Waals surface area contributed by atoms with E-state index in [1.54, 1.807) is 19.2 Å². The van der Waals surface area contributed by atoms with E-state index in [9.17, 15) is 4.79 Å². The molecule has 0 aliphatic carbocycles. The summed E-state index contributed by atoms with van der Waals surface area (Å²) in [7, 11) is 4.64. The molecule has 0 bridgehead atoms. The van der Waals surface area contributed by atoms with Crippen LogP contribution < -0.4 is 20.3 Å². The molecule has 1 fully saturated rings. The van der Waals surface area contributed by atoms with Crippen molar-refractivity contribution in [3.8, 4) is 5.75 Å². The average Bonchev–Trinajstić information content (AvgIpc) is 3.36. The summed E-state index contributed by atoms with van der Waals surface area (Å²) in [5.74, 6) is 0.756. The highest BCUT2D eigenvalue weighted by molar-refractivity contribution is 14.0. The van der Waals surface area contributed by atoms with Crippen LogP contribution in [0.2, 0.25) is 0 Å². The van der Waals surface area contributed by atoms with E-state index in [4.69, 9.17) is 9.47 Å². The molecule has 1 atom stereocenters. The highest BCUT2D eigenvalue weighted by Crippen LogP contribution is 2.24. The van der Waals surface area contributed by atoms with Gasteiger partial charge in [0.2, 0.25) is 0 Å². The fourth-order valence-electron chi connectivity index (χ4n) is 3.77. The van der Waals surface area contributed by atoms with Crippen molar-refractivity contribution in [2.24, 2.45) is 4.99 Å². The highest BCUT2D eigenvalue weighted by atomic mass is 127. The number of carbonyl (C=O) groups is 1. The lowest BCUT2D eigenvalue weighted by Crippen LogP contribution is -2.38. The molecule has 2 aromatic rings. The molecular weight excluding hydrogens is 519 g/mol. The predicted octanol–water partition coefficient (Wildman–Crippen LogP) is 4.13. The number of anilines is 1. The maximum Gasteiger partial charge on any atom is 0.341 e. The van der Waals surface area contributed by atoms with E-state index < -0.39 is 5.97 Å². The monoisotopic (exact) mass is 552 g/mol. The van der Waals surface area contributed by atoms with Crippen molar-refractivity contribution in [3.63, 3.8) is 0 Å². The van der Waals surface area contributed by atoms with Crippen LogP contribution in [-0.2, 0) is 11.3 Å². The third kappa shape index (κ3) is 6.51. The maximum absolute atomic E-state index is 12.0. The minimum atomic E-state index is -0.423. The Bertz CT molecular complexity index is 929. The van der Waals surface area contributed by atoms with E-state index in [1.807, 2.05) is 6.07 Å². The summed E-state index contributed by atoms with van der Waals surface area (Å²) in [6, 6.07) is 14.2. The number of ether oxygens (including phenoxy) is 2. The number of methoxy groups -OCH3 is 2. The number of esters is 1. The van der Waals surface area contributed by atoms with Crippen LogP contribution >= 0.6 is 24.0 Å². The predicted molar refractivity (Wildman–Crippen MR) is 139 cm³/mol. The van der Waals surface area contributed by atoms with Gasteiger partial charge in [-0.3, -0.25) is 4.99 Å². The molecule has 0 amide bonds. The second kappa shape index (κ2) is 12.5. The van der Waals surface area contributed by atoms with Gasteiger partial charge in [0.25, 0.3) is 0 Å². The summed E-state index contributed by atoms with van der Waals surface area (Å²) in [6.45, 7) is 4.89. The standard InChI is InChI=1S/C24H32N4O3.HI/c1-17(19-8-7-9-20(15-19)28-12-5-6-13-28)27-24(25-2)26-16-18-10-11-22(30-3)21(14-18)23(29)31-4;/h7-11,14-15,17H,5-6,12-13,16H2,1-4H3,(H2,25,26,27);1H. The number of hydrogen-bond acceptors (Lipinski definition) is 5. The van der Waals surface area contributed by atoms with Gasteiger partial charge in [-0.1, -0.05) is 18.2 Å². The molecule has 174 valence electrons. The molecule has 3 rings (SSSR count). The summed E-state index contributed by atoms with van der Waals surface area (Å²) >= 11 is 0. The quantitative estimate of drug-likeness (QED) is 0.233. The van der Waals surface area contributed by atoms with Crippen molar-refractivity contribution < 1.29 is 14.3 Å². The van der Waals surface area contributed by atoms with Gasteiger partial charge in [0.1, 0.15) is 11.3 Å². The molecule has 0 radical (unpaired) electrons. The number of nitrogens with zero attached hydrogens (tertiary/aromatic N) is 2. The Balaban J connectivity index is 0.00000363. The molecule has 0 saturated carbocycles. The van der Waals surface area contributed by atoms with Crippen LogP contribution in [0.4, 0.5) is 5.69 Å². The second-order valence-electron chi connectivity index (χ2n) is 7.61. The van der Waals surface area contributed by atoms with Gasteiger partial charge in [-0.05, 0) is 55.2 Å². The van der Waals surface area contributed by atoms with E-state index in [2.05, 4.69) is 51.7 Å². The molecule has 1 heterocycles. The summed E-state index contributed by atoms with van der Waals surface area (Å²) in [4.78, 5) is 18.8. The minimum absolute atomic E-state index is 0. The number of rotatable bonds is 7. The third-order valence-corrected chi connectivity index (χ3v) is 5.55. The largest absolute Gasteiger partial charge is 0.496 e. The van der Waals surface area contributed by atoms with Gasteiger partial charge < -0.3 is 25.0 Å². The topological polar surface area (TPSA) is 75.2 Å². The lowest BCUT2D eigenvalue weighted by Gasteiger charge is -2.22. The first-order chi connectivity index (χ1) is 15.0. The van der Waals surface area contributed by atoms with Crippen molar-refractivity contribution in [2.45, 2.75) is 32.4 Å². The fraction of sp³-hybridized carbons (Fsp3) is 0.417. The van der Waals surface area contributed by atoms with Gasteiger partial charge in [-0.15, -0.1) is 24.0 Å². The van der Waals surface area contributed by atoms with Crippen LogP contribution in [0.1, 0.15) is 47.3 Å². The Morgan fingerprint density at radius 3 is 2.56 bits per heavy atom. The normalized spacial score (nSPS) is 14.4. The van der Waals surface area contributed by atoms with Crippen LogP contribution in [0.3, 0.4) is 0 Å². The van der Waals surface area contributed by atoms with Gasteiger partial charge in [0, 0.05) is 32.4 Å². The molecule has 1 unspecified atom stereocenters. The van der Waals surface area contributed by atoms with Crippen molar-refractivity contribution in [1.29, 1.82) is 0 Å². The zero-order valence-electron chi connectivity index (χ0n) is 19.2. The number of nitrogens with one attached hydrogen (secondary N) is 2. The molecule has 32 heavy (non-hydrogen) atoms. The molecule has 0 aromatic heterocycles. The smallest absolute Gasteiger partial charge is 0.341 e.